The second-order valence-electron chi connectivity index (χ2n) is 8.14. The third-order valence-corrected chi connectivity index (χ3v) is 10.4. The van der Waals surface area contributed by atoms with Crippen molar-refractivity contribution in [2.75, 3.05) is 42.6 Å². The summed E-state index contributed by atoms with van der Waals surface area (Å²) >= 11 is 6.08. The van der Waals surface area contributed by atoms with Crippen LogP contribution < -0.4 is 4.90 Å². The van der Waals surface area contributed by atoms with E-state index in [9.17, 15) is 21.2 Å². The molecule has 0 saturated carbocycles. The number of halogens is 2. The lowest BCUT2D eigenvalue weighted by molar-refractivity contribution is 0.201. The minimum atomic E-state index is -3.94. The highest BCUT2D eigenvalue weighted by Gasteiger charge is 2.48. The third kappa shape index (κ3) is 4.60. The van der Waals surface area contributed by atoms with Crippen LogP contribution in [0.1, 0.15) is 5.56 Å². The first-order chi connectivity index (χ1) is 14.6. The number of hydrogen-bond acceptors (Lipinski definition) is 6. The van der Waals surface area contributed by atoms with Gasteiger partial charge in [0.15, 0.2) is 19.7 Å². The van der Waals surface area contributed by atoms with E-state index in [4.69, 9.17) is 11.6 Å². The predicted octanol–water partition coefficient (Wildman–Crippen LogP) is 2.55. The molecule has 2 aromatic carbocycles. The topological polar surface area (TPSA) is 74.8 Å². The van der Waals surface area contributed by atoms with Gasteiger partial charge in [-0.05, 0) is 48.9 Å². The molecule has 4 rings (SSSR count). The maximum Gasteiger partial charge on any atom is 0.183 e. The lowest BCUT2D eigenvalue weighted by atomic mass is 10.1. The molecule has 2 fully saturated rings. The van der Waals surface area contributed by atoms with Gasteiger partial charge in [-0.15, -0.1) is 0 Å². The molecule has 0 unspecified atom stereocenters. The Balaban J connectivity index is 1.56. The van der Waals surface area contributed by atoms with E-state index in [1.165, 1.54) is 19.1 Å². The van der Waals surface area contributed by atoms with E-state index < -0.39 is 42.5 Å². The summed E-state index contributed by atoms with van der Waals surface area (Å²) in [5, 5.41) is -0.428. The fourth-order valence-corrected chi connectivity index (χ4v) is 9.48. The van der Waals surface area contributed by atoms with E-state index >= 15 is 0 Å². The Labute approximate surface area is 187 Å². The van der Waals surface area contributed by atoms with E-state index in [2.05, 4.69) is 4.90 Å². The van der Waals surface area contributed by atoms with Crippen LogP contribution in [-0.2, 0) is 19.7 Å². The number of benzene rings is 2. The van der Waals surface area contributed by atoms with Gasteiger partial charge >= 0.3 is 0 Å². The summed E-state index contributed by atoms with van der Waals surface area (Å²) in [4.78, 5) is 4.08. The van der Waals surface area contributed by atoms with E-state index in [-0.39, 0.29) is 16.2 Å². The number of piperazine rings is 1. The number of rotatable bonds is 4. The Morgan fingerprint density at radius 3 is 2.39 bits per heavy atom. The Bertz CT molecular complexity index is 1200. The van der Waals surface area contributed by atoms with Gasteiger partial charge in [-0.3, -0.25) is 4.90 Å². The van der Waals surface area contributed by atoms with Crippen molar-refractivity contribution < 1.29 is 21.2 Å². The van der Waals surface area contributed by atoms with Crippen molar-refractivity contribution in [1.29, 1.82) is 0 Å². The zero-order chi connectivity index (χ0) is 22.4. The van der Waals surface area contributed by atoms with Gasteiger partial charge in [-0.1, -0.05) is 17.7 Å². The van der Waals surface area contributed by atoms with Gasteiger partial charge in [0.25, 0.3) is 0 Å². The van der Waals surface area contributed by atoms with Crippen LogP contribution in [-0.4, -0.2) is 70.7 Å². The number of hydrogen-bond donors (Lipinski definition) is 0. The van der Waals surface area contributed by atoms with Crippen molar-refractivity contribution >= 4 is 37.0 Å². The molecular weight excluding hydrogens is 463 g/mol. The van der Waals surface area contributed by atoms with Gasteiger partial charge < -0.3 is 4.90 Å². The Morgan fingerprint density at radius 2 is 1.74 bits per heavy atom. The van der Waals surface area contributed by atoms with Crippen LogP contribution in [0.5, 0.6) is 0 Å². The van der Waals surface area contributed by atoms with E-state index in [1.54, 1.807) is 6.07 Å². The molecule has 6 nitrogen and oxygen atoms in total. The smallest absolute Gasteiger partial charge is 0.183 e. The summed E-state index contributed by atoms with van der Waals surface area (Å²) in [5.74, 6) is -1.09. The van der Waals surface area contributed by atoms with Crippen LogP contribution in [0.4, 0.5) is 10.1 Å². The van der Waals surface area contributed by atoms with Crippen molar-refractivity contribution in [3.05, 3.63) is 58.9 Å². The standard InChI is InChI=1S/C21H24ClFN2O4S2/c1-15-11-18(5-6-19(15)23)31(28,29)21-14-30(26,27)13-20(21)25-9-7-24(8-10-25)17-4-2-3-16(22)12-17/h2-6,11-12,20-21H,7-10,13-14H2,1H3/t20-,21-/m0/s1. The first kappa shape index (κ1) is 22.5. The molecular formula is C21H24ClFN2O4S2. The molecule has 0 bridgehead atoms. The molecule has 10 heteroatoms. The Morgan fingerprint density at radius 1 is 1.03 bits per heavy atom. The number of anilines is 1. The van der Waals surface area contributed by atoms with Crippen molar-refractivity contribution in [3.63, 3.8) is 0 Å². The molecule has 0 amide bonds. The molecule has 2 saturated heterocycles. The molecule has 0 N–H and O–H groups in total. The van der Waals surface area contributed by atoms with E-state index in [0.29, 0.717) is 31.2 Å². The highest BCUT2D eigenvalue weighted by Crippen LogP contribution is 2.31. The van der Waals surface area contributed by atoms with Crippen molar-refractivity contribution in [3.8, 4) is 0 Å². The molecule has 2 atom stereocenters. The first-order valence-electron chi connectivity index (χ1n) is 10.0. The van der Waals surface area contributed by atoms with Crippen molar-refractivity contribution in [2.24, 2.45) is 0 Å². The SMILES string of the molecule is Cc1cc(S(=O)(=O)[C@H]2CS(=O)(=O)C[C@@H]2N2CCN(c3cccc(Cl)c3)CC2)ccc1F. The average molecular weight is 487 g/mol. The molecule has 0 radical (unpaired) electrons. The molecule has 2 aliphatic heterocycles. The van der Waals surface area contributed by atoms with Crippen LogP contribution in [0.15, 0.2) is 47.4 Å². The average Bonchev–Trinajstić information content (AvgIpc) is 3.06. The number of nitrogens with zero attached hydrogens (tertiary/aromatic N) is 2. The zero-order valence-electron chi connectivity index (χ0n) is 17.0. The summed E-state index contributed by atoms with van der Waals surface area (Å²) in [7, 11) is -7.44. The van der Waals surface area contributed by atoms with E-state index in [0.717, 1.165) is 11.8 Å². The van der Waals surface area contributed by atoms with Gasteiger partial charge in [0, 0.05) is 42.9 Å². The van der Waals surface area contributed by atoms with Crippen LogP contribution in [0, 0.1) is 12.7 Å². The normalized spacial score (nSPS) is 24.4. The molecule has 0 aliphatic carbocycles. The Kier molecular flexibility index (Phi) is 6.06. The number of aryl methyl sites for hydroxylation is 1. The minimum Gasteiger partial charge on any atom is -0.369 e. The molecule has 31 heavy (non-hydrogen) atoms. The van der Waals surface area contributed by atoms with Gasteiger partial charge in [-0.25, -0.2) is 21.2 Å². The zero-order valence-corrected chi connectivity index (χ0v) is 19.4. The lowest BCUT2D eigenvalue weighted by Gasteiger charge is -2.40. The minimum absolute atomic E-state index is 0.0314. The van der Waals surface area contributed by atoms with Crippen LogP contribution in [0.3, 0.4) is 0 Å². The largest absolute Gasteiger partial charge is 0.369 e. The highest BCUT2D eigenvalue weighted by molar-refractivity contribution is 7.96. The molecule has 2 heterocycles. The molecule has 0 aromatic heterocycles. The Hall–Kier alpha value is -1.68. The second-order valence-corrected chi connectivity index (χ2v) is 12.9. The van der Waals surface area contributed by atoms with Crippen LogP contribution >= 0.6 is 11.6 Å². The van der Waals surface area contributed by atoms with Gasteiger partial charge in [-0.2, -0.15) is 0 Å². The molecule has 2 aromatic rings. The van der Waals surface area contributed by atoms with Crippen LogP contribution in [0.2, 0.25) is 5.02 Å². The van der Waals surface area contributed by atoms with Crippen molar-refractivity contribution in [1.82, 2.24) is 4.90 Å². The van der Waals surface area contributed by atoms with Gasteiger partial charge in [0.2, 0.25) is 0 Å². The second kappa shape index (κ2) is 8.35. The summed E-state index contributed by atoms with van der Waals surface area (Å²) in [6.45, 7) is 3.85. The number of sulfone groups is 2. The summed E-state index contributed by atoms with van der Waals surface area (Å²) in [5.41, 5.74) is 1.20. The van der Waals surface area contributed by atoms with Crippen LogP contribution in [0.25, 0.3) is 0 Å². The maximum absolute atomic E-state index is 13.6. The predicted molar refractivity (Wildman–Crippen MR) is 120 cm³/mol. The van der Waals surface area contributed by atoms with E-state index in [1.807, 2.05) is 23.1 Å². The highest BCUT2D eigenvalue weighted by atomic mass is 35.5. The summed E-state index contributed by atoms with van der Waals surface area (Å²) < 4.78 is 65.2. The molecule has 2 aliphatic rings. The lowest BCUT2D eigenvalue weighted by Crippen LogP contribution is -2.55. The fraction of sp³-hybridized carbons (Fsp3) is 0.429. The molecule has 168 valence electrons. The maximum atomic E-state index is 13.6. The van der Waals surface area contributed by atoms with Gasteiger partial charge in [0.05, 0.1) is 21.7 Å². The quantitative estimate of drug-likeness (QED) is 0.618. The van der Waals surface area contributed by atoms with Gasteiger partial charge in [0.1, 0.15) is 5.82 Å². The summed E-state index contributed by atoms with van der Waals surface area (Å²) in [6, 6.07) is 10.5. The monoisotopic (exact) mass is 486 g/mol. The fourth-order valence-electron chi connectivity index (χ4n) is 4.39. The molecule has 0 spiro atoms. The first-order valence-corrected chi connectivity index (χ1v) is 13.8. The summed E-state index contributed by atoms with van der Waals surface area (Å²) in [6.07, 6.45) is 0. The third-order valence-electron chi connectivity index (χ3n) is 6.09. The van der Waals surface area contributed by atoms with Crippen molar-refractivity contribution in [2.45, 2.75) is 23.1 Å².